The van der Waals surface area contributed by atoms with Gasteiger partial charge in [-0.1, -0.05) is 6.07 Å². The number of hydrogen-bond donors (Lipinski definition) is 0. The third-order valence-corrected chi connectivity index (χ3v) is 3.88. The van der Waals surface area contributed by atoms with Crippen molar-refractivity contribution in [1.82, 2.24) is 0 Å². The van der Waals surface area contributed by atoms with Crippen LogP contribution < -0.4 is 4.90 Å². The Bertz CT molecular complexity index is 547. The van der Waals surface area contributed by atoms with Crippen LogP contribution in [0.15, 0.2) is 22.7 Å². The third kappa shape index (κ3) is 2.94. The molecule has 102 valence electrons. The summed E-state index contributed by atoms with van der Waals surface area (Å²) in [5.74, 6) is -1.79. The van der Waals surface area contributed by atoms with Gasteiger partial charge in [0.25, 0.3) is 11.7 Å². The van der Waals surface area contributed by atoms with Gasteiger partial charge in [0, 0.05) is 16.8 Å². The normalized spacial score (nSPS) is 15.1. The molecule has 0 aromatic heterocycles. The summed E-state index contributed by atoms with van der Waals surface area (Å²) in [4.78, 5) is 24.5. The summed E-state index contributed by atoms with van der Waals surface area (Å²) in [5.41, 5.74) is -3.78. The van der Waals surface area contributed by atoms with E-state index in [4.69, 9.17) is 0 Å². The van der Waals surface area contributed by atoms with Crippen molar-refractivity contribution in [2.75, 3.05) is 17.2 Å². The molecule has 0 aliphatic carbocycles. The van der Waals surface area contributed by atoms with Crippen molar-refractivity contribution >= 4 is 45.1 Å². The van der Waals surface area contributed by atoms with Gasteiger partial charge >= 0.3 is 5.51 Å². The van der Waals surface area contributed by atoms with E-state index >= 15 is 0 Å². The molecule has 1 aliphatic rings. The van der Waals surface area contributed by atoms with Crippen LogP contribution in [-0.2, 0) is 4.79 Å². The molecule has 0 bridgehead atoms. The molecule has 1 heterocycles. The fourth-order valence-electron chi connectivity index (χ4n) is 1.78. The van der Waals surface area contributed by atoms with Gasteiger partial charge in [-0.15, -0.1) is 0 Å². The molecule has 3 nitrogen and oxygen atoms in total. The Morgan fingerprint density at radius 2 is 1.95 bits per heavy atom. The number of thioether (sulfide) groups is 1. The van der Waals surface area contributed by atoms with Crippen LogP contribution in [0.25, 0.3) is 0 Å². The number of carbonyl (C=O) groups excluding carboxylic acids is 2. The lowest BCUT2D eigenvalue weighted by atomic mass is 10.1. The van der Waals surface area contributed by atoms with E-state index in [-0.39, 0.29) is 29.6 Å². The lowest BCUT2D eigenvalue weighted by Gasteiger charge is -2.17. The van der Waals surface area contributed by atoms with Crippen molar-refractivity contribution in [2.45, 2.75) is 5.51 Å². The predicted octanol–water partition coefficient (Wildman–Crippen LogP) is 3.23. The molecule has 1 aromatic rings. The molecule has 0 radical (unpaired) electrons. The van der Waals surface area contributed by atoms with E-state index in [1.165, 1.54) is 6.07 Å². The highest BCUT2D eigenvalue weighted by atomic mass is 79.9. The quantitative estimate of drug-likeness (QED) is 0.783. The molecule has 0 unspecified atom stereocenters. The second-order valence-electron chi connectivity index (χ2n) is 3.72. The molecule has 0 fully saturated rings. The number of halogens is 4. The van der Waals surface area contributed by atoms with E-state index in [9.17, 15) is 22.8 Å². The average molecular weight is 354 g/mol. The number of carbonyl (C=O) groups is 2. The highest BCUT2D eigenvalue weighted by Crippen LogP contribution is 2.37. The van der Waals surface area contributed by atoms with Crippen LogP contribution >= 0.6 is 27.7 Å². The van der Waals surface area contributed by atoms with Crippen LogP contribution in [0.4, 0.5) is 18.9 Å². The fourth-order valence-corrected chi connectivity index (χ4v) is 2.86. The first kappa shape index (κ1) is 14.4. The summed E-state index contributed by atoms with van der Waals surface area (Å²) in [7, 11) is 0. The minimum Gasteiger partial charge on any atom is -0.303 e. The number of alkyl halides is 3. The molecule has 0 saturated heterocycles. The van der Waals surface area contributed by atoms with Crippen LogP contribution in [0.3, 0.4) is 0 Å². The molecule has 1 amide bonds. The number of benzene rings is 1. The van der Waals surface area contributed by atoms with Gasteiger partial charge < -0.3 is 4.90 Å². The second-order valence-corrected chi connectivity index (χ2v) is 5.73. The maximum Gasteiger partial charge on any atom is 0.441 e. The lowest BCUT2D eigenvalue weighted by Crippen LogP contribution is -2.32. The zero-order valence-corrected chi connectivity index (χ0v) is 11.7. The first-order valence-corrected chi connectivity index (χ1v) is 6.94. The summed E-state index contributed by atoms with van der Waals surface area (Å²) >= 11 is 2.98. The van der Waals surface area contributed by atoms with E-state index in [2.05, 4.69) is 15.9 Å². The Morgan fingerprint density at radius 3 is 2.58 bits per heavy atom. The number of Topliss-reactive ketones (excluding diaryl/α,β-unsaturated/α-hetero) is 1. The topological polar surface area (TPSA) is 37.4 Å². The summed E-state index contributed by atoms with van der Waals surface area (Å²) in [6.45, 7) is -0.162. The molecular formula is C11H7BrF3NO2S. The van der Waals surface area contributed by atoms with Gasteiger partial charge in [-0.25, -0.2) is 0 Å². The maximum absolute atomic E-state index is 12.1. The smallest absolute Gasteiger partial charge is 0.303 e. The van der Waals surface area contributed by atoms with Gasteiger partial charge in [-0.05, 0) is 39.8 Å². The van der Waals surface area contributed by atoms with E-state index in [0.717, 1.165) is 4.90 Å². The van der Waals surface area contributed by atoms with Gasteiger partial charge in [0.15, 0.2) is 0 Å². The fraction of sp³-hybridized carbons (Fsp3) is 0.273. The molecule has 0 saturated carbocycles. The van der Waals surface area contributed by atoms with Crippen LogP contribution in [0.1, 0.15) is 10.4 Å². The number of fused-ring (bicyclic) bond motifs is 1. The molecule has 19 heavy (non-hydrogen) atoms. The number of hydrogen-bond acceptors (Lipinski definition) is 3. The van der Waals surface area contributed by atoms with Gasteiger partial charge in [0.2, 0.25) is 0 Å². The van der Waals surface area contributed by atoms with Crippen molar-refractivity contribution in [3.05, 3.63) is 28.2 Å². The average Bonchev–Trinajstić information content (AvgIpc) is 2.54. The molecule has 0 atom stereocenters. The van der Waals surface area contributed by atoms with Gasteiger partial charge in [-0.2, -0.15) is 13.2 Å². The Kier molecular flexibility index (Phi) is 3.91. The van der Waals surface area contributed by atoms with Crippen LogP contribution in [0.2, 0.25) is 0 Å². The standard InChI is InChI=1S/C11H7BrF3NO2S/c12-7-3-1-2-6-8(7)16(10(18)9(6)17)4-5-19-11(13,14)15/h1-3H,4-5H2. The first-order valence-electron chi connectivity index (χ1n) is 5.16. The lowest BCUT2D eigenvalue weighted by molar-refractivity contribution is -0.114. The number of anilines is 1. The van der Waals surface area contributed by atoms with Crippen molar-refractivity contribution in [2.24, 2.45) is 0 Å². The molecule has 1 aliphatic heterocycles. The molecular weight excluding hydrogens is 347 g/mol. The SMILES string of the molecule is O=C1C(=O)N(CCSC(F)(F)F)c2c(Br)cccc21. The largest absolute Gasteiger partial charge is 0.441 e. The number of rotatable bonds is 3. The van der Waals surface area contributed by atoms with Gasteiger partial charge in [0.05, 0.1) is 11.3 Å². The zero-order chi connectivity index (χ0) is 14.2. The minimum absolute atomic E-state index is 0.162. The first-order chi connectivity index (χ1) is 8.81. The van der Waals surface area contributed by atoms with Gasteiger partial charge in [0.1, 0.15) is 0 Å². The molecule has 8 heteroatoms. The summed E-state index contributed by atoms with van der Waals surface area (Å²) < 4.78 is 36.7. The number of amides is 1. The van der Waals surface area contributed by atoms with E-state index in [1.54, 1.807) is 12.1 Å². The van der Waals surface area contributed by atoms with Crippen molar-refractivity contribution in [3.8, 4) is 0 Å². The van der Waals surface area contributed by atoms with Crippen LogP contribution in [0, 0.1) is 0 Å². The predicted molar refractivity (Wildman–Crippen MR) is 69.3 cm³/mol. The van der Waals surface area contributed by atoms with Crippen molar-refractivity contribution < 1.29 is 22.8 Å². The Labute approximate surface area is 119 Å². The Morgan fingerprint density at radius 1 is 1.26 bits per heavy atom. The zero-order valence-electron chi connectivity index (χ0n) is 9.33. The Balaban J connectivity index is 2.19. The Hall–Kier alpha value is -1.02. The molecule has 0 spiro atoms. The third-order valence-electron chi connectivity index (χ3n) is 2.52. The van der Waals surface area contributed by atoms with E-state index in [1.807, 2.05) is 0 Å². The van der Waals surface area contributed by atoms with Gasteiger partial charge in [-0.3, -0.25) is 9.59 Å². The van der Waals surface area contributed by atoms with Crippen molar-refractivity contribution in [1.29, 1.82) is 0 Å². The highest BCUT2D eigenvalue weighted by molar-refractivity contribution is 9.10. The molecule has 1 aromatic carbocycles. The number of nitrogens with zero attached hydrogens (tertiary/aromatic N) is 1. The summed E-state index contributed by atoms with van der Waals surface area (Å²) in [5, 5.41) is 0. The van der Waals surface area contributed by atoms with E-state index < -0.39 is 17.2 Å². The van der Waals surface area contributed by atoms with E-state index in [0.29, 0.717) is 10.2 Å². The van der Waals surface area contributed by atoms with Crippen molar-refractivity contribution in [3.63, 3.8) is 0 Å². The maximum atomic E-state index is 12.1. The summed E-state index contributed by atoms with van der Waals surface area (Å²) in [6, 6.07) is 4.72. The number of para-hydroxylation sites is 1. The monoisotopic (exact) mass is 353 g/mol. The number of ketones is 1. The minimum atomic E-state index is -4.34. The second kappa shape index (κ2) is 5.16. The summed E-state index contributed by atoms with van der Waals surface area (Å²) in [6.07, 6.45) is 0. The highest BCUT2D eigenvalue weighted by Gasteiger charge is 2.37. The van der Waals surface area contributed by atoms with Crippen LogP contribution in [-0.4, -0.2) is 29.5 Å². The molecule has 0 N–H and O–H groups in total. The van der Waals surface area contributed by atoms with Crippen LogP contribution in [0.5, 0.6) is 0 Å². The molecule has 2 rings (SSSR count).